The van der Waals surface area contributed by atoms with E-state index >= 15 is 0 Å². The summed E-state index contributed by atoms with van der Waals surface area (Å²) in [5, 5.41) is 4.51. The number of aryl methyl sites for hydroxylation is 1. The van der Waals surface area contributed by atoms with E-state index in [1.165, 1.54) is 28.6 Å². The van der Waals surface area contributed by atoms with Crippen LogP contribution in [0.5, 0.6) is 0 Å². The number of hydrogen-bond donors (Lipinski definition) is 1. The van der Waals surface area contributed by atoms with Crippen LogP contribution >= 0.6 is 11.3 Å². The van der Waals surface area contributed by atoms with Gasteiger partial charge in [-0.05, 0) is 68.5 Å². The van der Waals surface area contributed by atoms with Crippen LogP contribution in [0, 0.1) is 18.8 Å². The number of ether oxygens (including phenoxy) is 2. The van der Waals surface area contributed by atoms with E-state index in [-0.39, 0.29) is 39.5 Å². The van der Waals surface area contributed by atoms with Gasteiger partial charge >= 0.3 is 11.9 Å². The average Bonchev–Trinajstić information content (AvgIpc) is 3.52. The third-order valence-electron chi connectivity index (χ3n) is 6.43. The van der Waals surface area contributed by atoms with E-state index in [4.69, 9.17) is 13.9 Å². The summed E-state index contributed by atoms with van der Waals surface area (Å²) in [5.74, 6) is -0.417. The Morgan fingerprint density at radius 3 is 2.30 bits per heavy atom. The Morgan fingerprint density at radius 1 is 1.02 bits per heavy atom. The molecule has 1 aliphatic heterocycles. The van der Waals surface area contributed by atoms with Gasteiger partial charge in [-0.3, -0.25) is 4.79 Å². The fraction of sp³-hybridized carbons (Fsp3) is 0.393. The molecule has 40 heavy (non-hydrogen) atoms. The number of anilines is 1. The SMILES string of the molecule is CCOC(=O)c1c(-c2ccc(C)o2)csc1NC(=O)COC(=O)c1ccc(S(=O)(=O)N2C[C@@H](C)C[C@H](C)C2)cc1. The second kappa shape index (κ2) is 12.4. The van der Waals surface area contributed by atoms with Gasteiger partial charge < -0.3 is 19.2 Å². The van der Waals surface area contributed by atoms with Crippen molar-refractivity contribution in [2.75, 3.05) is 31.6 Å². The summed E-state index contributed by atoms with van der Waals surface area (Å²) < 4.78 is 43.6. The highest BCUT2D eigenvalue weighted by atomic mass is 32.2. The number of amides is 1. The Bertz CT molecular complexity index is 1480. The van der Waals surface area contributed by atoms with Crippen molar-refractivity contribution in [3.05, 3.63) is 58.7 Å². The van der Waals surface area contributed by atoms with Crippen molar-refractivity contribution in [3.63, 3.8) is 0 Å². The van der Waals surface area contributed by atoms with Gasteiger partial charge in [0.05, 0.1) is 17.1 Å². The fourth-order valence-corrected chi connectivity index (χ4v) is 7.34. The molecule has 0 saturated carbocycles. The largest absolute Gasteiger partial charge is 0.462 e. The highest BCUT2D eigenvalue weighted by Gasteiger charge is 2.32. The van der Waals surface area contributed by atoms with Crippen molar-refractivity contribution in [2.24, 2.45) is 11.8 Å². The van der Waals surface area contributed by atoms with Gasteiger partial charge in [0.2, 0.25) is 10.0 Å². The Hall–Kier alpha value is -3.48. The summed E-state index contributed by atoms with van der Waals surface area (Å²) >= 11 is 1.11. The lowest BCUT2D eigenvalue weighted by Gasteiger charge is -2.34. The number of carbonyl (C=O) groups is 3. The number of rotatable bonds is 9. The molecule has 4 rings (SSSR count). The molecular weight excluding hydrogens is 556 g/mol. The lowest BCUT2D eigenvalue weighted by molar-refractivity contribution is -0.119. The quantitative estimate of drug-likeness (QED) is 0.347. The van der Waals surface area contributed by atoms with Gasteiger partial charge in [-0.15, -0.1) is 11.3 Å². The Balaban J connectivity index is 1.40. The van der Waals surface area contributed by atoms with E-state index in [0.717, 1.165) is 17.8 Å². The maximum absolute atomic E-state index is 13.1. The summed E-state index contributed by atoms with van der Waals surface area (Å²) in [6.45, 7) is 7.95. The summed E-state index contributed by atoms with van der Waals surface area (Å²) in [6.07, 6.45) is 0.978. The molecule has 1 aromatic carbocycles. The molecule has 1 amide bonds. The number of hydrogen-bond acceptors (Lipinski definition) is 9. The highest BCUT2D eigenvalue weighted by molar-refractivity contribution is 7.89. The lowest BCUT2D eigenvalue weighted by atomic mass is 9.94. The molecule has 1 aliphatic rings. The van der Waals surface area contributed by atoms with Gasteiger partial charge in [0.1, 0.15) is 22.1 Å². The van der Waals surface area contributed by atoms with Crippen LogP contribution in [0.4, 0.5) is 5.00 Å². The molecule has 0 aliphatic carbocycles. The topological polar surface area (TPSA) is 132 Å². The van der Waals surface area contributed by atoms with Crippen LogP contribution in [-0.4, -0.2) is 56.9 Å². The van der Waals surface area contributed by atoms with E-state index < -0.39 is 34.5 Å². The number of sulfonamides is 1. The molecule has 0 spiro atoms. The Morgan fingerprint density at radius 2 is 1.70 bits per heavy atom. The molecule has 12 heteroatoms. The number of nitrogens with zero attached hydrogens (tertiary/aromatic N) is 1. The first kappa shape index (κ1) is 29.5. The maximum Gasteiger partial charge on any atom is 0.341 e. The average molecular weight is 589 g/mol. The predicted molar refractivity (Wildman–Crippen MR) is 150 cm³/mol. The Labute approximate surface area is 237 Å². The number of benzene rings is 1. The van der Waals surface area contributed by atoms with E-state index in [1.807, 2.05) is 13.8 Å². The first-order chi connectivity index (χ1) is 19.0. The Kier molecular flexibility index (Phi) is 9.12. The monoisotopic (exact) mass is 588 g/mol. The second-order valence-corrected chi connectivity index (χ2v) is 12.7. The van der Waals surface area contributed by atoms with E-state index in [2.05, 4.69) is 5.32 Å². The number of esters is 2. The maximum atomic E-state index is 13.1. The van der Waals surface area contributed by atoms with Gasteiger partial charge in [-0.1, -0.05) is 13.8 Å². The lowest BCUT2D eigenvalue weighted by Crippen LogP contribution is -2.42. The molecule has 214 valence electrons. The molecule has 3 aromatic rings. The summed E-state index contributed by atoms with van der Waals surface area (Å²) in [4.78, 5) is 37.9. The first-order valence-electron chi connectivity index (χ1n) is 12.9. The van der Waals surface area contributed by atoms with Crippen molar-refractivity contribution >= 4 is 44.2 Å². The molecule has 0 unspecified atom stereocenters. The minimum absolute atomic E-state index is 0.0924. The summed E-state index contributed by atoms with van der Waals surface area (Å²) in [5.41, 5.74) is 0.730. The molecule has 0 bridgehead atoms. The zero-order valence-corrected chi connectivity index (χ0v) is 24.4. The molecule has 2 atom stereocenters. The highest BCUT2D eigenvalue weighted by Crippen LogP contribution is 2.37. The number of thiophene rings is 1. The number of furan rings is 1. The zero-order chi connectivity index (χ0) is 29.0. The number of carbonyl (C=O) groups excluding carboxylic acids is 3. The summed E-state index contributed by atoms with van der Waals surface area (Å²) in [6, 6.07) is 8.93. The smallest absolute Gasteiger partial charge is 0.341 e. The molecule has 3 heterocycles. The van der Waals surface area contributed by atoms with Crippen LogP contribution < -0.4 is 5.32 Å². The van der Waals surface area contributed by atoms with Crippen LogP contribution in [0.3, 0.4) is 0 Å². The normalized spacial score (nSPS) is 17.8. The van der Waals surface area contributed by atoms with Crippen LogP contribution in [0.1, 0.15) is 53.7 Å². The van der Waals surface area contributed by atoms with Crippen LogP contribution in [0.2, 0.25) is 0 Å². The molecule has 2 aromatic heterocycles. The molecule has 0 radical (unpaired) electrons. The predicted octanol–water partition coefficient (Wildman–Crippen LogP) is 4.96. The molecule has 10 nitrogen and oxygen atoms in total. The second-order valence-electron chi connectivity index (χ2n) is 9.90. The van der Waals surface area contributed by atoms with Gasteiger partial charge in [-0.25, -0.2) is 18.0 Å². The van der Waals surface area contributed by atoms with Crippen LogP contribution in [0.15, 0.2) is 51.1 Å². The van der Waals surface area contributed by atoms with Crippen molar-refractivity contribution in [1.82, 2.24) is 4.31 Å². The standard InChI is InChI=1S/C28H32N2O8S2/c1-5-36-28(33)25-22(23-11-6-19(4)38-23)16-39-26(25)29-24(31)15-37-27(32)20-7-9-21(10-8-20)40(34,35)30-13-17(2)12-18(3)14-30/h6-11,16-18H,5,12-15H2,1-4H3,(H,29,31)/t17-,18-/m0/s1. The molecular formula is C28H32N2O8S2. The van der Waals surface area contributed by atoms with Gasteiger partial charge in [0, 0.05) is 24.0 Å². The van der Waals surface area contributed by atoms with Crippen molar-refractivity contribution in [1.29, 1.82) is 0 Å². The molecule has 1 fully saturated rings. The van der Waals surface area contributed by atoms with Crippen molar-refractivity contribution in [3.8, 4) is 11.3 Å². The van der Waals surface area contributed by atoms with Crippen molar-refractivity contribution < 1.29 is 36.7 Å². The summed E-state index contributed by atoms with van der Waals surface area (Å²) in [7, 11) is -3.69. The van der Waals surface area contributed by atoms with E-state index in [0.29, 0.717) is 30.2 Å². The van der Waals surface area contributed by atoms with E-state index in [1.54, 1.807) is 31.4 Å². The van der Waals surface area contributed by atoms with Gasteiger partial charge in [-0.2, -0.15) is 4.31 Å². The minimum Gasteiger partial charge on any atom is -0.462 e. The first-order valence-corrected chi connectivity index (χ1v) is 15.2. The minimum atomic E-state index is -3.69. The van der Waals surface area contributed by atoms with Crippen LogP contribution in [0.25, 0.3) is 11.3 Å². The van der Waals surface area contributed by atoms with Gasteiger partial charge in [0.15, 0.2) is 6.61 Å². The third-order valence-corrected chi connectivity index (χ3v) is 9.17. The molecule has 1 saturated heterocycles. The molecule has 1 N–H and O–H groups in total. The fourth-order valence-electron chi connectivity index (χ4n) is 4.71. The number of nitrogens with one attached hydrogen (secondary N) is 1. The van der Waals surface area contributed by atoms with Crippen molar-refractivity contribution in [2.45, 2.75) is 39.0 Å². The van der Waals surface area contributed by atoms with E-state index in [9.17, 15) is 22.8 Å². The van der Waals surface area contributed by atoms with Gasteiger partial charge in [0.25, 0.3) is 5.91 Å². The van der Waals surface area contributed by atoms with Crippen LogP contribution in [-0.2, 0) is 24.3 Å². The zero-order valence-electron chi connectivity index (χ0n) is 22.8. The number of piperidine rings is 1. The third kappa shape index (κ3) is 6.62.